The molecule has 1 aliphatic carbocycles. The Bertz CT molecular complexity index is 502. The Balaban J connectivity index is 1.94. The van der Waals surface area contributed by atoms with Gasteiger partial charge >= 0.3 is 5.97 Å². The number of pyridine rings is 1. The van der Waals surface area contributed by atoms with Gasteiger partial charge < -0.3 is 10.4 Å². The topological polar surface area (TPSA) is 79.3 Å². The maximum atomic E-state index is 12.0. The van der Waals surface area contributed by atoms with Crippen LogP contribution < -0.4 is 5.32 Å². The molecule has 1 amide bonds. The summed E-state index contributed by atoms with van der Waals surface area (Å²) in [7, 11) is 0. The van der Waals surface area contributed by atoms with Crippen LogP contribution in [0.4, 0.5) is 0 Å². The Morgan fingerprint density at radius 2 is 2.00 bits per heavy atom. The summed E-state index contributed by atoms with van der Waals surface area (Å²) >= 11 is 0. The van der Waals surface area contributed by atoms with Crippen LogP contribution in [0.1, 0.15) is 53.6 Å². The van der Waals surface area contributed by atoms with Gasteiger partial charge in [0, 0.05) is 6.54 Å². The number of hydrogen-bond donors (Lipinski definition) is 2. The number of nitrogens with one attached hydrogen (secondary N) is 1. The molecule has 1 aromatic heterocycles. The van der Waals surface area contributed by atoms with Crippen LogP contribution in [0.15, 0.2) is 18.2 Å². The molecule has 2 atom stereocenters. The molecule has 0 spiro atoms. The van der Waals surface area contributed by atoms with E-state index in [1.54, 1.807) is 0 Å². The van der Waals surface area contributed by atoms with E-state index in [9.17, 15) is 9.59 Å². The molecule has 2 N–H and O–H groups in total. The average Bonchev–Trinajstić information content (AvgIpc) is 2.46. The van der Waals surface area contributed by atoms with Crippen LogP contribution in [0.5, 0.6) is 0 Å². The van der Waals surface area contributed by atoms with Crippen molar-refractivity contribution in [2.45, 2.75) is 32.6 Å². The minimum atomic E-state index is -1.12. The molecule has 0 saturated heterocycles. The third kappa shape index (κ3) is 3.56. The third-order valence-electron chi connectivity index (χ3n) is 4.01. The highest BCUT2D eigenvalue weighted by atomic mass is 16.4. The fourth-order valence-corrected chi connectivity index (χ4v) is 2.69. The van der Waals surface area contributed by atoms with Gasteiger partial charge in [-0.1, -0.05) is 32.3 Å². The van der Waals surface area contributed by atoms with E-state index in [-0.39, 0.29) is 17.3 Å². The summed E-state index contributed by atoms with van der Waals surface area (Å²) in [5, 5.41) is 11.7. The molecule has 0 bridgehead atoms. The first-order valence-corrected chi connectivity index (χ1v) is 7.06. The zero-order valence-corrected chi connectivity index (χ0v) is 11.6. The van der Waals surface area contributed by atoms with Crippen molar-refractivity contribution in [3.8, 4) is 0 Å². The largest absolute Gasteiger partial charge is 0.477 e. The maximum Gasteiger partial charge on any atom is 0.354 e. The van der Waals surface area contributed by atoms with Gasteiger partial charge in [0.2, 0.25) is 0 Å². The molecule has 1 aliphatic rings. The van der Waals surface area contributed by atoms with E-state index in [0.717, 1.165) is 6.42 Å². The first kappa shape index (κ1) is 14.5. The van der Waals surface area contributed by atoms with Gasteiger partial charge in [0.1, 0.15) is 11.4 Å². The first-order chi connectivity index (χ1) is 9.58. The van der Waals surface area contributed by atoms with Crippen LogP contribution in [-0.2, 0) is 0 Å². The van der Waals surface area contributed by atoms with Gasteiger partial charge in [0.15, 0.2) is 0 Å². The number of rotatable bonds is 4. The van der Waals surface area contributed by atoms with Crippen molar-refractivity contribution in [3.63, 3.8) is 0 Å². The second kappa shape index (κ2) is 6.50. The molecule has 1 fully saturated rings. The second-order valence-corrected chi connectivity index (χ2v) is 5.45. The Kier molecular flexibility index (Phi) is 4.71. The molecule has 1 saturated carbocycles. The Morgan fingerprint density at radius 1 is 1.30 bits per heavy atom. The summed E-state index contributed by atoms with van der Waals surface area (Å²) in [5.74, 6) is -0.288. The van der Waals surface area contributed by atoms with Crippen molar-refractivity contribution in [1.82, 2.24) is 10.3 Å². The molecule has 5 heteroatoms. The van der Waals surface area contributed by atoms with Crippen LogP contribution in [0, 0.1) is 11.8 Å². The van der Waals surface area contributed by atoms with E-state index in [4.69, 9.17) is 5.11 Å². The van der Waals surface area contributed by atoms with Crippen molar-refractivity contribution >= 4 is 11.9 Å². The van der Waals surface area contributed by atoms with Crippen molar-refractivity contribution in [2.75, 3.05) is 6.54 Å². The number of carboxylic acid groups (broad SMARTS) is 1. The zero-order chi connectivity index (χ0) is 14.5. The average molecular weight is 276 g/mol. The molecule has 0 radical (unpaired) electrons. The molecule has 1 heterocycles. The molecule has 0 aliphatic heterocycles. The lowest BCUT2D eigenvalue weighted by atomic mass is 9.80. The number of aromatic carboxylic acids is 1. The standard InChI is InChI=1S/C15H20N2O3/c1-10-5-2-3-6-11(10)9-16-14(18)12-7-4-8-13(17-12)15(19)20/h4,7-8,10-11H,2-3,5-6,9H2,1H3,(H,16,18)(H,19,20). The Hall–Kier alpha value is -1.91. The van der Waals surface area contributed by atoms with Crippen LogP contribution in [0.3, 0.4) is 0 Å². The summed E-state index contributed by atoms with van der Waals surface area (Å²) in [6.07, 6.45) is 4.85. The van der Waals surface area contributed by atoms with Gasteiger partial charge in [-0.15, -0.1) is 0 Å². The predicted molar refractivity (Wildman–Crippen MR) is 74.7 cm³/mol. The number of carbonyl (C=O) groups is 2. The van der Waals surface area contributed by atoms with Crippen molar-refractivity contribution < 1.29 is 14.7 Å². The minimum Gasteiger partial charge on any atom is -0.477 e. The van der Waals surface area contributed by atoms with Gasteiger partial charge in [-0.25, -0.2) is 9.78 Å². The Labute approximate surface area is 118 Å². The van der Waals surface area contributed by atoms with E-state index < -0.39 is 5.97 Å². The predicted octanol–water partition coefficient (Wildman–Crippen LogP) is 2.34. The minimum absolute atomic E-state index is 0.108. The highest BCUT2D eigenvalue weighted by Gasteiger charge is 2.22. The lowest BCUT2D eigenvalue weighted by Crippen LogP contribution is -2.34. The van der Waals surface area contributed by atoms with Crippen LogP contribution in [-0.4, -0.2) is 28.5 Å². The van der Waals surface area contributed by atoms with Crippen molar-refractivity contribution in [2.24, 2.45) is 11.8 Å². The van der Waals surface area contributed by atoms with Gasteiger partial charge in [-0.2, -0.15) is 0 Å². The van der Waals surface area contributed by atoms with E-state index in [0.29, 0.717) is 18.4 Å². The normalized spacial score (nSPS) is 22.2. The highest BCUT2D eigenvalue weighted by molar-refractivity contribution is 5.94. The second-order valence-electron chi connectivity index (χ2n) is 5.45. The Morgan fingerprint density at radius 3 is 2.70 bits per heavy atom. The molecule has 0 aromatic carbocycles. The van der Waals surface area contributed by atoms with Crippen LogP contribution in [0.2, 0.25) is 0 Å². The highest BCUT2D eigenvalue weighted by Crippen LogP contribution is 2.28. The molecular formula is C15H20N2O3. The van der Waals surface area contributed by atoms with E-state index in [2.05, 4.69) is 17.2 Å². The molecule has 2 unspecified atom stereocenters. The number of hydrogen-bond acceptors (Lipinski definition) is 3. The fraction of sp³-hybridized carbons (Fsp3) is 0.533. The zero-order valence-electron chi connectivity index (χ0n) is 11.6. The van der Waals surface area contributed by atoms with Crippen molar-refractivity contribution in [1.29, 1.82) is 0 Å². The SMILES string of the molecule is CC1CCCCC1CNC(=O)c1cccc(C(=O)O)n1. The van der Waals surface area contributed by atoms with Crippen LogP contribution >= 0.6 is 0 Å². The van der Waals surface area contributed by atoms with Crippen LogP contribution in [0.25, 0.3) is 0 Å². The quantitative estimate of drug-likeness (QED) is 0.884. The third-order valence-corrected chi connectivity index (χ3v) is 4.01. The number of amides is 1. The molecule has 20 heavy (non-hydrogen) atoms. The summed E-state index contributed by atoms with van der Waals surface area (Å²) < 4.78 is 0. The number of carbonyl (C=O) groups excluding carboxylic acids is 1. The monoisotopic (exact) mass is 276 g/mol. The summed E-state index contributed by atoms with van der Waals surface area (Å²) in [4.78, 5) is 26.7. The maximum absolute atomic E-state index is 12.0. The summed E-state index contributed by atoms with van der Waals surface area (Å²) in [5.41, 5.74) is 0.0528. The lowest BCUT2D eigenvalue weighted by molar-refractivity contribution is 0.0690. The lowest BCUT2D eigenvalue weighted by Gasteiger charge is -2.28. The molecule has 2 rings (SSSR count). The smallest absolute Gasteiger partial charge is 0.354 e. The molecular weight excluding hydrogens is 256 g/mol. The van der Waals surface area contributed by atoms with Gasteiger partial charge in [-0.05, 0) is 30.4 Å². The molecule has 1 aromatic rings. The number of nitrogens with zero attached hydrogens (tertiary/aromatic N) is 1. The van der Waals surface area contributed by atoms with E-state index >= 15 is 0 Å². The van der Waals surface area contributed by atoms with E-state index in [1.807, 2.05) is 0 Å². The molecule has 108 valence electrons. The molecule has 5 nitrogen and oxygen atoms in total. The number of aromatic nitrogens is 1. The number of carboxylic acids is 1. The fourth-order valence-electron chi connectivity index (χ4n) is 2.69. The van der Waals surface area contributed by atoms with E-state index in [1.165, 1.54) is 37.5 Å². The first-order valence-electron chi connectivity index (χ1n) is 7.06. The summed E-state index contributed by atoms with van der Waals surface area (Å²) in [6, 6.07) is 4.45. The van der Waals surface area contributed by atoms with Gasteiger partial charge in [0.25, 0.3) is 5.91 Å². The van der Waals surface area contributed by atoms with Crippen molar-refractivity contribution in [3.05, 3.63) is 29.6 Å². The summed E-state index contributed by atoms with van der Waals surface area (Å²) in [6.45, 7) is 2.86. The van der Waals surface area contributed by atoms with Gasteiger partial charge in [-0.3, -0.25) is 4.79 Å². The van der Waals surface area contributed by atoms with Gasteiger partial charge in [0.05, 0.1) is 0 Å².